The Morgan fingerprint density at radius 1 is 1.00 bits per heavy atom. The topological polar surface area (TPSA) is 59.3 Å². The predicted octanol–water partition coefficient (Wildman–Crippen LogP) is 3.90. The van der Waals surface area contributed by atoms with Crippen LogP contribution in [0.1, 0.15) is 22.3 Å². The molecule has 1 aromatic heterocycles. The van der Waals surface area contributed by atoms with E-state index in [1.807, 2.05) is 65.4 Å². The minimum atomic E-state index is -0.952. The van der Waals surface area contributed by atoms with Gasteiger partial charge in [0.2, 0.25) is 0 Å². The average molecular weight is 319 g/mol. The molecule has 0 fully saturated rings. The molecule has 4 heteroatoms. The van der Waals surface area contributed by atoms with E-state index in [0.717, 1.165) is 17.0 Å². The van der Waals surface area contributed by atoms with Gasteiger partial charge in [0, 0.05) is 40.8 Å². The highest BCUT2D eigenvalue weighted by Crippen LogP contribution is 2.24. The third-order valence-electron chi connectivity index (χ3n) is 3.87. The highest BCUT2D eigenvalue weighted by molar-refractivity contribution is 6.16. The van der Waals surface area contributed by atoms with E-state index < -0.39 is 5.97 Å². The van der Waals surface area contributed by atoms with Crippen LogP contribution < -0.4 is 0 Å². The van der Waals surface area contributed by atoms with Crippen LogP contribution in [0.15, 0.2) is 72.9 Å². The molecule has 1 N–H and O–H groups in total. The van der Waals surface area contributed by atoms with Crippen LogP contribution in [-0.2, 0) is 11.3 Å². The number of carboxylic acid groups (broad SMARTS) is 1. The monoisotopic (exact) mass is 319 g/mol. The van der Waals surface area contributed by atoms with Crippen LogP contribution in [0.3, 0.4) is 0 Å². The molecule has 0 aliphatic rings. The van der Waals surface area contributed by atoms with Crippen molar-refractivity contribution in [1.29, 1.82) is 0 Å². The standard InChI is InChI=1S/C20H17NO3/c22-19(23)12-6-7-13-21-14-17(16-10-4-5-11-18(16)21)20(24)15-8-2-1-3-9-15/h1-6,8-12,14H,7,13H2,(H,22,23)/b12-6+. The van der Waals surface area contributed by atoms with Gasteiger partial charge >= 0.3 is 5.97 Å². The number of carboxylic acids is 1. The number of fused-ring (bicyclic) bond motifs is 1. The molecule has 3 aromatic rings. The molecule has 0 saturated heterocycles. The second-order valence-corrected chi connectivity index (χ2v) is 5.48. The van der Waals surface area contributed by atoms with E-state index in [2.05, 4.69) is 0 Å². The van der Waals surface area contributed by atoms with Crippen LogP contribution >= 0.6 is 0 Å². The highest BCUT2D eigenvalue weighted by atomic mass is 16.4. The van der Waals surface area contributed by atoms with Crippen molar-refractivity contribution in [2.45, 2.75) is 13.0 Å². The molecule has 24 heavy (non-hydrogen) atoms. The first-order valence-electron chi connectivity index (χ1n) is 7.74. The SMILES string of the molecule is O=C(O)/C=C/CCn1cc(C(=O)c2ccccc2)c2ccccc21. The number of hydrogen-bond acceptors (Lipinski definition) is 2. The zero-order valence-electron chi connectivity index (χ0n) is 13.1. The second kappa shape index (κ2) is 6.96. The average Bonchev–Trinajstić information content (AvgIpc) is 2.97. The minimum Gasteiger partial charge on any atom is -0.478 e. The Balaban J connectivity index is 1.95. The molecular weight excluding hydrogens is 302 g/mol. The Labute approximate surface area is 139 Å². The number of benzene rings is 2. The van der Waals surface area contributed by atoms with Crippen molar-refractivity contribution >= 4 is 22.7 Å². The fourth-order valence-electron chi connectivity index (χ4n) is 2.76. The van der Waals surface area contributed by atoms with Gasteiger partial charge in [-0.25, -0.2) is 4.79 Å². The number of allylic oxidation sites excluding steroid dienone is 1. The molecule has 0 saturated carbocycles. The predicted molar refractivity (Wildman–Crippen MR) is 93.2 cm³/mol. The van der Waals surface area contributed by atoms with Crippen molar-refractivity contribution < 1.29 is 14.7 Å². The van der Waals surface area contributed by atoms with E-state index in [9.17, 15) is 9.59 Å². The van der Waals surface area contributed by atoms with Gasteiger partial charge < -0.3 is 9.67 Å². The summed E-state index contributed by atoms with van der Waals surface area (Å²) >= 11 is 0. The number of ketones is 1. The maximum atomic E-state index is 12.8. The number of rotatable bonds is 6. The lowest BCUT2D eigenvalue weighted by molar-refractivity contribution is -0.131. The maximum absolute atomic E-state index is 12.8. The molecule has 2 aromatic carbocycles. The first-order chi connectivity index (χ1) is 11.7. The van der Waals surface area contributed by atoms with E-state index in [4.69, 9.17) is 5.11 Å². The van der Waals surface area contributed by atoms with Crippen LogP contribution in [0.25, 0.3) is 10.9 Å². The van der Waals surface area contributed by atoms with Crippen molar-refractivity contribution in [1.82, 2.24) is 4.57 Å². The molecule has 0 unspecified atom stereocenters. The van der Waals surface area contributed by atoms with E-state index in [1.165, 1.54) is 0 Å². The van der Waals surface area contributed by atoms with Gasteiger partial charge in [0.05, 0.1) is 0 Å². The molecule has 0 aliphatic heterocycles. The molecule has 4 nitrogen and oxygen atoms in total. The van der Waals surface area contributed by atoms with Gasteiger partial charge in [-0.1, -0.05) is 54.6 Å². The van der Waals surface area contributed by atoms with Crippen molar-refractivity contribution in [2.75, 3.05) is 0 Å². The summed E-state index contributed by atoms with van der Waals surface area (Å²) in [5.74, 6) is -0.959. The van der Waals surface area contributed by atoms with Crippen LogP contribution in [0.4, 0.5) is 0 Å². The lowest BCUT2D eigenvalue weighted by Crippen LogP contribution is -2.00. The Morgan fingerprint density at radius 3 is 2.46 bits per heavy atom. The number of carbonyl (C=O) groups excluding carboxylic acids is 1. The summed E-state index contributed by atoms with van der Waals surface area (Å²) in [4.78, 5) is 23.3. The number of aliphatic carboxylic acids is 1. The largest absolute Gasteiger partial charge is 0.478 e. The molecule has 3 rings (SSSR count). The second-order valence-electron chi connectivity index (χ2n) is 5.48. The summed E-state index contributed by atoms with van der Waals surface area (Å²) in [7, 11) is 0. The van der Waals surface area contributed by atoms with Crippen LogP contribution in [-0.4, -0.2) is 21.4 Å². The molecular formula is C20H17NO3. The molecule has 0 bridgehead atoms. The zero-order valence-corrected chi connectivity index (χ0v) is 13.1. The number of nitrogens with zero attached hydrogens (tertiary/aromatic N) is 1. The van der Waals surface area contributed by atoms with Crippen LogP contribution in [0.2, 0.25) is 0 Å². The number of aromatic nitrogens is 1. The summed E-state index contributed by atoms with van der Waals surface area (Å²) in [6.45, 7) is 0.617. The molecule has 120 valence electrons. The smallest absolute Gasteiger partial charge is 0.327 e. The summed E-state index contributed by atoms with van der Waals surface area (Å²) in [6, 6.07) is 17.0. The Bertz CT molecular complexity index is 907. The first-order valence-corrected chi connectivity index (χ1v) is 7.74. The maximum Gasteiger partial charge on any atom is 0.327 e. The Hall–Kier alpha value is -3.14. The van der Waals surface area contributed by atoms with Gasteiger partial charge in [0.25, 0.3) is 0 Å². The summed E-state index contributed by atoms with van der Waals surface area (Å²) in [6.07, 6.45) is 5.20. The van der Waals surface area contributed by atoms with Gasteiger partial charge in [-0.15, -0.1) is 0 Å². The van der Waals surface area contributed by atoms with Gasteiger partial charge in [-0.05, 0) is 12.5 Å². The fourth-order valence-corrected chi connectivity index (χ4v) is 2.76. The molecule has 0 aliphatic carbocycles. The van der Waals surface area contributed by atoms with Crippen molar-refractivity contribution in [2.24, 2.45) is 0 Å². The third kappa shape index (κ3) is 3.27. The Morgan fingerprint density at radius 2 is 1.71 bits per heavy atom. The van der Waals surface area contributed by atoms with E-state index in [-0.39, 0.29) is 5.78 Å². The van der Waals surface area contributed by atoms with Crippen LogP contribution in [0.5, 0.6) is 0 Å². The van der Waals surface area contributed by atoms with E-state index in [0.29, 0.717) is 24.1 Å². The molecule has 0 amide bonds. The quantitative estimate of drug-likeness (QED) is 0.553. The van der Waals surface area contributed by atoms with Crippen molar-refractivity contribution in [3.05, 3.63) is 84.1 Å². The number of para-hydroxylation sites is 1. The summed E-state index contributed by atoms with van der Waals surface area (Å²) in [5.41, 5.74) is 2.30. The van der Waals surface area contributed by atoms with Crippen LogP contribution in [0, 0.1) is 0 Å². The summed E-state index contributed by atoms with van der Waals surface area (Å²) < 4.78 is 2.00. The molecule has 0 spiro atoms. The van der Waals surface area contributed by atoms with Crippen molar-refractivity contribution in [3.8, 4) is 0 Å². The van der Waals surface area contributed by atoms with Gasteiger partial charge in [-0.3, -0.25) is 4.79 Å². The van der Waals surface area contributed by atoms with Gasteiger partial charge in [0.15, 0.2) is 5.78 Å². The normalized spacial score (nSPS) is 11.2. The summed E-state index contributed by atoms with van der Waals surface area (Å²) in [5, 5.41) is 9.56. The molecule has 1 heterocycles. The zero-order chi connectivity index (χ0) is 16.9. The number of aryl methyl sites for hydroxylation is 1. The van der Waals surface area contributed by atoms with E-state index in [1.54, 1.807) is 6.08 Å². The third-order valence-corrected chi connectivity index (χ3v) is 3.87. The van der Waals surface area contributed by atoms with Gasteiger partial charge in [-0.2, -0.15) is 0 Å². The molecule has 0 radical (unpaired) electrons. The highest BCUT2D eigenvalue weighted by Gasteiger charge is 2.15. The van der Waals surface area contributed by atoms with Gasteiger partial charge in [0.1, 0.15) is 0 Å². The minimum absolute atomic E-state index is 0.00775. The van der Waals surface area contributed by atoms with Crippen molar-refractivity contribution in [3.63, 3.8) is 0 Å². The van der Waals surface area contributed by atoms with E-state index >= 15 is 0 Å². The first kappa shape index (κ1) is 15.7. The number of hydrogen-bond donors (Lipinski definition) is 1. The number of carbonyl (C=O) groups is 2. The Kier molecular flexibility index (Phi) is 4.57. The lowest BCUT2D eigenvalue weighted by Gasteiger charge is -2.01. The lowest BCUT2D eigenvalue weighted by atomic mass is 10.0. The fraction of sp³-hybridized carbons (Fsp3) is 0.100. The molecule has 0 atom stereocenters.